The fourth-order valence-corrected chi connectivity index (χ4v) is 4.75. The van der Waals surface area contributed by atoms with Gasteiger partial charge in [0.05, 0.1) is 10.8 Å². The van der Waals surface area contributed by atoms with Gasteiger partial charge in [0.15, 0.2) is 15.8 Å². The highest BCUT2D eigenvalue weighted by Gasteiger charge is 2.31. The number of aryl methyl sites for hydroxylation is 1. The van der Waals surface area contributed by atoms with Gasteiger partial charge in [-0.2, -0.15) is 4.99 Å². The van der Waals surface area contributed by atoms with Gasteiger partial charge in [0.25, 0.3) is 5.91 Å². The number of nitrogens with zero attached hydrogens (tertiary/aromatic N) is 2. The molecule has 2 aromatic carbocycles. The minimum Gasteiger partial charge on any atom is -0.454 e. The summed E-state index contributed by atoms with van der Waals surface area (Å²) in [5, 5.41) is 0.296. The number of ether oxygens (including phenoxy) is 1. The van der Waals surface area contributed by atoms with E-state index in [4.69, 9.17) is 27.8 Å². The lowest BCUT2D eigenvalue weighted by Crippen LogP contribution is -2.24. The van der Waals surface area contributed by atoms with Gasteiger partial charge in [-0.3, -0.25) is 4.79 Å². The Kier molecular flexibility index (Phi) is 4.99. The van der Waals surface area contributed by atoms with E-state index in [1.807, 2.05) is 19.0 Å². The highest BCUT2D eigenvalue weighted by Crippen LogP contribution is 2.44. The number of anilines is 1. The van der Waals surface area contributed by atoms with Crippen LogP contribution in [0.1, 0.15) is 21.5 Å². The molecule has 0 atom stereocenters. The van der Waals surface area contributed by atoms with E-state index in [2.05, 4.69) is 4.99 Å². The van der Waals surface area contributed by atoms with Crippen LogP contribution >= 0.6 is 11.6 Å². The lowest BCUT2D eigenvalue weighted by Gasteiger charge is -2.17. The van der Waals surface area contributed by atoms with E-state index in [9.17, 15) is 13.2 Å². The molecular formula is C18H19ClN4O4S. The average Bonchev–Trinajstić information content (AvgIpc) is 2.68. The Morgan fingerprint density at radius 3 is 2.46 bits per heavy atom. The summed E-state index contributed by atoms with van der Waals surface area (Å²) in [6.07, 6.45) is 0. The van der Waals surface area contributed by atoms with Gasteiger partial charge >= 0.3 is 0 Å². The van der Waals surface area contributed by atoms with Gasteiger partial charge in [-0.25, -0.2) is 8.42 Å². The van der Waals surface area contributed by atoms with E-state index in [-0.39, 0.29) is 27.7 Å². The minimum atomic E-state index is -3.82. The summed E-state index contributed by atoms with van der Waals surface area (Å²) in [6.45, 7) is 1.63. The van der Waals surface area contributed by atoms with Gasteiger partial charge in [-0.15, -0.1) is 0 Å². The molecule has 28 heavy (non-hydrogen) atoms. The molecule has 3 rings (SSSR count). The van der Waals surface area contributed by atoms with Crippen molar-refractivity contribution in [1.82, 2.24) is 0 Å². The molecule has 0 aromatic heterocycles. The third-order valence-corrected chi connectivity index (χ3v) is 6.17. The molecule has 148 valence electrons. The zero-order chi connectivity index (χ0) is 20.8. The second-order valence-corrected chi connectivity index (χ2v) is 9.00. The fourth-order valence-electron chi connectivity index (χ4n) is 2.91. The summed E-state index contributed by atoms with van der Waals surface area (Å²) in [7, 11) is -0.176. The molecule has 0 unspecified atom stereocenters. The molecule has 0 aliphatic carbocycles. The van der Waals surface area contributed by atoms with E-state index in [1.165, 1.54) is 12.1 Å². The van der Waals surface area contributed by atoms with Crippen LogP contribution in [0.2, 0.25) is 5.02 Å². The zero-order valence-corrected chi connectivity index (χ0v) is 17.1. The van der Waals surface area contributed by atoms with Crippen molar-refractivity contribution in [1.29, 1.82) is 0 Å². The molecular weight excluding hydrogens is 404 g/mol. The summed E-state index contributed by atoms with van der Waals surface area (Å²) in [4.78, 5) is 17.3. The van der Waals surface area contributed by atoms with E-state index in [1.54, 1.807) is 19.1 Å². The van der Waals surface area contributed by atoms with Gasteiger partial charge in [-0.1, -0.05) is 11.6 Å². The Morgan fingerprint density at radius 2 is 1.86 bits per heavy atom. The number of aliphatic imine (C=N–C) groups is 1. The van der Waals surface area contributed by atoms with Crippen LogP contribution in [0, 0.1) is 6.92 Å². The minimum absolute atomic E-state index is 0.0443. The number of carbonyl (C=O) groups is 1. The Hall–Kier alpha value is -2.78. The highest BCUT2D eigenvalue weighted by atomic mass is 35.5. The normalized spacial score (nSPS) is 14.1. The molecule has 4 N–H and O–H groups in total. The van der Waals surface area contributed by atoms with Crippen LogP contribution < -0.4 is 21.1 Å². The van der Waals surface area contributed by atoms with Crippen LogP contribution in [0.5, 0.6) is 11.5 Å². The van der Waals surface area contributed by atoms with Crippen molar-refractivity contribution in [2.45, 2.75) is 17.6 Å². The SMILES string of the molecule is Cc1cc(C(=O)N=C(N)N)cc2c1Oc1c(Cl)cc(N(C)C)cc1CS2(=O)=O. The Balaban J connectivity index is 2.22. The van der Waals surface area contributed by atoms with Crippen LogP contribution in [0.15, 0.2) is 34.2 Å². The predicted molar refractivity (Wildman–Crippen MR) is 108 cm³/mol. The van der Waals surface area contributed by atoms with Crippen molar-refractivity contribution < 1.29 is 17.9 Å². The second kappa shape index (κ2) is 6.99. The smallest absolute Gasteiger partial charge is 0.280 e. The van der Waals surface area contributed by atoms with Crippen LogP contribution in [0.4, 0.5) is 5.69 Å². The highest BCUT2D eigenvalue weighted by molar-refractivity contribution is 7.90. The van der Waals surface area contributed by atoms with Crippen LogP contribution in [0.3, 0.4) is 0 Å². The van der Waals surface area contributed by atoms with Gasteiger partial charge < -0.3 is 21.1 Å². The van der Waals surface area contributed by atoms with E-state index < -0.39 is 21.7 Å². The zero-order valence-electron chi connectivity index (χ0n) is 15.5. The molecule has 1 amide bonds. The van der Waals surface area contributed by atoms with Crippen molar-refractivity contribution in [3.63, 3.8) is 0 Å². The molecule has 2 aromatic rings. The molecule has 8 nitrogen and oxygen atoms in total. The number of benzene rings is 2. The molecule has 0 fully saturated rings. The molecule has 1 aliphatic heterocycles. The number of nitrogens with two attached hydrogens (primary N) is 2. The number of amides is 1. The Bertz CT molecular complexity index is 1120. The van der Waals surface area contributed by atoms with E-state index >= 15 is 0 Å². The average molecular weight is 423 g/mol. The summed E-state index contributed by atoms with van der Waals surface area (Å²) >= 11 is 6.37. The third kappa shape index (κ3) is 3.63. The molecule has 1 heterocycles. The fraction of sp³-hybridized carbons (Fsp3) is 0.222. The first-order valence-electron chi connectivity index (χ1n) is 8.18. The van der Waals surface area contributed by atoms with Gasteiger partial charge in [0.2, 0.25) is 0 Å². The van der Waals surface area contributed by atoms with Gasteiger partial charge in [-0.05, 0) is 36.8 Å². The van der Waals surface area contributed by atoms with E-state index in [0.29, 0.717) is 16.1 Å². The number of hydrogen-bond acceptors (Lipinski definition) is 5. The number of fused-ring (bicyclic) bond motifs is 2. The number of carbonyl (C=O) groups excluding carboxylic acids is 1. The maximum absolute atomic E-state index is 13.1. The molecule has 0 bridgehead atoms. The summed E-state index contributed by atoms with van der Waals surface area (Å²) in [5.41, 5.74) is 12.1. The molecule has 0 saturated carbocycles. The number of hydrogen-bond donors (Lipinski definition) is 2. The first-order valence-corrected chi connectivity index (χ1v) is 10.2. The Labute approximate surface area is 167 Å². The summed E-state index contributed by atoms with van der Waals surface area (Å²) < 4.78 is 32.1. The molecule has 0 saturated heterocycles. The topological polar surface area (TPSA) is 128 Å². The number of halogens is 1. The van der Waals surface area contributed by atoms with Gasteiger partial charge in [0.1, 0.15) is 16.4 Å². The van der Waals surface area contributed by atoms with Crippen molar-refractivity contribution in [3.05, 3.63) is 46.0 Å². The molecule has 1 aliphatic rings. The largest absolute Gasteiger partial charge is 0.454 e. The predicted octanol–water partition coefficient (Wildman–Crippen LogP) is 2.21. The molecule has 10 heteroatoms. The van der Waals surface area contributed by atoms with Crippen molar-refractivity contribution in [2.24, 2.45) is 16.5 Å². The van der Waals surface area contributed by atoms with Crippen LogP contribution in [0.25, 0.3) is 0 Å². The molecule has 0 radical (unpaired) electrons. The standard InChI is InChI=1S/C18H19ClN4O4S/c1-9-4-10(17(24)22-18(20)21)6-14-15(9)27-16-11(8-28(14,25)26)5-12(23(2)3)7-13(16)19/h4-7H,8H2,1-3H3,(H4,20,21,22,24). The maximum Gasteiger partial charge on any atom is 0.280 e. The molecule has 0 spiro atoms. The van der Waals surface area contributed by atoms with Crippen LogP contribution in [-0.4, -0.2) is 34.4 Å². The van der Waals surface area contributed by atoms with Crippen molar-refractivity contribution in [2.75, 3.05) is 19.0 Å². The summed E-state index contributed by atoms with van der Waals surface area (Å²) in [5.74, 6) is -1.07. The quantitative estimate of drug-likeness (QED) is 0.560. The van der Waals surface area contributed by atoms with Crippen LogP contribution in [-0.2, 0) is 15.6 Å². The number of rotatable bonds is 2. The van der Waals surface area contributed by atoms with Gasteiger partial charge in [0, 0.05) is 30.9 Å². The summed E-state index contributed by atoms with van der Waals surface area (Å²) in [6, 6.07) is 6.10. The monoisotopic (exact) mass is 422 g/mol. The third-order valence-electron chi connectivity index (χ3n) is 4.22. The van der Waals surface area contributed by atoms with Crippen molar-refractivity contribution >= 4 is 39.0 Å². The van der Waals surface area contributed by atoms with E-state index in [0.717, 1.165) is 5.69 Å². The lowest BCUT2D eigenvalue weighted by atomic mass is 10.1. The van der Waals surface area contributed by atoms with Crippen molar-refractivity contribution in [3.8, 4) is 11.5 Å². The first-order chi connectivity index (χ1) is 13.0. The number of guanidine groups is 1. The maximum atomic E-state index is 13.1. The first kappa shape index (κ1) is 20.0. The number of sulfone groups is 1. The second-order valence-electron chi connectivity index (χ2n) is 6.63. The Morgan fingerprint density at radius 1 is 1.18 bits per heavy atom. The lowest BCUT2D eigenvalue weighted by molar-refractivity contribution is 0.100.